The first kappa shape index (κ1) is 24.9. The monoisotopic (exact) mass is 479 g/mol. The van der Waals surface area contributed by atoms with Gasteiger partial charge in [-0.05, 0) is 24.5 Å². The summed E-state index contributed by atoms with van der Waals surface area (Å²) >= 11 is 0. The molecule has 0 bridgehead atoms. The Morgan fingerprint density at radius 1 is 1.00 bits per heavy atom. The fraction of sp³-hybridized carbons (Fsp3) is 0.444. The average molecular weight is 480 g/mol. The standard InChI is InChI=1S/C27H33N3O5/c1-2-35-25(32)18-30-26(33)23(17-21-9-5-3-6-10-21)28-27(30)13-15-29(16-14-27)24(31)20-34-19-22-11-7-4-8-12-22/h3-12,23,28H,2,13-20H2,1H3. The van der Waals surface area contributed by atoms with E-state index in [4.69, 9.17) is 9.47 Å². The molecule has 8 heteroatoms. The van der Waals surface area contributed by atoms with Crippen molar-refractivity contribution < 1.29 is 23.9 Å². The molecule has 2 amide bonds. The Hall–Kier alpha value is -3.23. The van der Waals surface area contributed by atoms with Crippen LogP contribution in [0.5, 0.6) is 0 Å². The third-order valence-electron chi connectivity index (χ3n) is 6.68. The van der Waals surface area contributed by atoms with Crippen LogP contribution in [-0.2, 0) is 36.9 Å². The highest BCUT2D eigenvalue weighted by Gasteiger charge is 2.52. The normalized spacial score (nSPS) is 19.2. The zero-order chi connectivity index (χ0) is 24.7. The van der Waals surface area contributed by atoms with Crippen molar-refractivity contribution in [3.05, 3.63) is 71.8 Å². The fourth-order valence-corrected chi connectivity index (χ4v) is 4.88. The zero-order valence-corrected chi connectivity index (χ0v) is 20.2. The number of hydrogen-bond donors (Lipinski definition) is 1. The Bertz CT molecular complexity index is 1010. The number of benzene rings is 2. The number of amides is 2. The van der Waals surface area contributed by atoms with E-state index in [1.165, 1.54) is 0 Å². The summed E-state index contributed by atoms with van der Waals surface area (Å²) in [6, 6.07) is 19.1. The molecular weight excluding hydrogens is 446 g/mol. The minimum atomic E-state index is -0.676. The first-order chi connectivity index (χ1) is 17.0. The first-order valence-electron chi connectivity index (χ1n) is 12.2. The molecule has 2 aliphatic heterocycles. The van der Waals surface area contributed by atoms with Gasteiger partial charge in [0.05, 0.1) is 24.9 Å². The molecule has 2 saturated heterocycles. The van der Waals surface area contributed by atoms with Crippen LogP contribution < -0.4 is 5.32 Å². The lowest BCUT2D eigenvalue weighted by Crippen LogP contribution is -2.60. The molecule has 1 spiro atoms. The quantitative estimate of drug-likeness (QED) is 0.555. The fourth-order valence-electron chi connectivity index (χ4n) is 4.88. The number of piperidine rings is 1. The molecule has 1 N–H and O–H groups in total. The Morgan fingerprint density at radius 2 is 1.63 bits per heavy atom. The molecule has 0 aromatic heterocycles. The van der Waals surface area contributed by atoms with Crippen LogP contribution in [0.4, 0.5) is 0 Å². The molecular formula is C27H33N3O5. The SMILES string of the molecule is CCOC(=O)CN1C(=O)C(Cc2ccccc2)NC12CCN(C(=O)COCc1ccccc1)CC2. The molecule has 8 nitrogen and oxygen atoms in total. The maximum absolute atomic E-state index is 13.4. The average Bonchev–Trinajstić information content (AvgIpc) is 3.11. The molecule has 2 fully saturated rings. The molecule has 1 atom stereocenters. The van der Waals surface area contributed by atoms with Crippen LogP contribution in [0.15, 0.2) is 60.7 Å². The van der Waals surface area contributed by atoms with E-state index in [-0.39, 0.29) is 31.6 Å². The molecule has 35 heavy (non-hydrogen) atoms. The number of carbonyl (C=O) groups excluding carboxylic acids is 3. The van der Waals surface area contributed by atoms with Crippen molar-refractivity contribution in [2.75, 3.05) is 32.8 Å². The smallest absolute Gasteiger partial charge is 0.325 e. The van der Waals surface area contributed by atoms with Gasteiger partial charge in [0, 0.05) is 25.9 Å². The van der Waals surface area contributed by atoms with Gasteiger partial charge in [-0.25, -0.2) is 0 Å². The Balaban J connectivity index is 1.38. The summed E-state index contributed by atoms with van der Waals surface area (Å²) in [5.74, 6) is -0.596. The molecule has 2 aromatic rings. The first-order valence-corrected chi connectivity index (χ1v) is 12.2. The second kappa shape index (κ2) is 11.5. The van der Waals surface area contributed by atoms with Gasteiger partial charge in [0.15, 0.2) is 0 Å². The van der Waals surface area contributed by atoms with Gasteiger partial charge in [-0.1, -0.05) is 60.7 Å². The summed E-state index contributed by atoms with van der Waals surface area (Å²) in [6.07, 6.45) is 1.61. The zero-order valence-electron chi connectivity index (χ0n) is 20.2. The van der Waals surface area contributed by atoms with E-state index in [1.54, 1.807) is 16.7 Å². The predicted octanol–water partition coefficient (Wildman–Crippen LogP) is 2.13. The topological polar surface area (TPSA) is 88.2 Å². The van der Waals surface area contributed by atoms with Crippen molar-refractivity contribution in [3.8, 4) is 0 Å². The van der Waals surface area contributed by atoms with Gasteiger partial charge >= 0.3 is 5.97 Å². The summed E-state index contributed by atoms with van der Waals surface area (Å²) < 4.78 is 10.8. The van der Waals surface area contributed by atoms with Gasteiger partial charge in [-0.2, -0.15) is 0 Å². The van der Waals surface area contributed by atoms with Crippen LogP contribution in [0.1, 0.15) is 30.9 Å². The highest BCUT2D eigenvalue weighted by atomic mass is 16.5. The second-order valence-corrected chi connectivity index (χ2v) is 9.01. The van der Waals surface area contributed by atoms with Gasteiger partial charge in [0.1, 0.15) is 13.2 Å². The minimum Gasteiger partial charge on any atom is -0.465 e. The maximum atomic E-state index is 13.4. The summed E-state index contributed by atoms with van der Waals surface area (Å²) in [7, 11) is 0. The largest absolute Gasteiger partial charge is 0.465 e. The maximum Gasteiger partial charge on any atom is 0.325 e. The molecule has 0 saturated carbocycles. The molecule has 4 rings (SSSR count). The number of carbonyl (C=O) groups is 3. The van der Waals surface area contributed by atoms with E-state index in [2.05, 4.69) is 5.32 Å². The number of hydrogen-bond acceptors (Lipinski definition) is 6. The van der Waals surface area contributed by atoms with Crippen molar-refractivity contribution >= 4 is 17.8 Å². The minimum absolute atomic E-state index is 0.0113. The van der Waals surface area contributed by atoms with Crippen LogP contribution in [0, 0.1) is 0 Å². The van der Waals surface area contributed by atoms with Gasteiger partial charge in [0.2, 0.25) is 11.8 Å². The van der Waals surface area contributed by atoms with Gasteiger partial charge in [-0.15, -0.1) is 0 Å². The van der Waals surface area contributed by atoms with E-state index in [0.717, 1.165) is 11.1 Å². The third kappa shape index (κ3) is 6.07. The molecule has 2 aromatic carbocycles. The Morgan fingerprint density at radius 3 is 2.26 bits per heavy atom. The number of rotatable bonds is 9. The third-order valence-corrected chi connectivity index (χ3v) is 6.68. The van der Waals surface area contributed by atoms with E-state index >= 15 is 0 Å². The van der Waals surface area contributed by atoms with E-state index < -0.39 is 17.7 Å². The lowest BCUT2D eigenvalue weighted by Gasteiger charge is -2.44. The van der Waals surface area contributed by atoms with Gasteiger partial charge in [-0.3, -0.25) is 19.7 Å². The van der Waals surface area contributed by atoms with Crippen LogP contribution in [0.25, 0.3) is 0 Å². The van der Waals surface area contributed by atoms with Crippen molar-refractivity contribution in [2.24, 2.45) is 0 Å². The second-order valence-electron chi connectivity index (χ2n) is 9.01. The molecule has 2 heterocycles. The summed E-state index contributed by atoms with van der Waals surface area (Å²) in [5.41, 5.74) is 1.39. The number of nitrogens with zero attached hydrogens (tertiary/aromatic N) is 2. The van der Waals surface area contributed by atoms with Gasteiger partial charge < -0.3 is 19.3 Å². The van der Waals surface area contributed by atoms with Crippen molar-refractivity contribution in [1.82, 2.24) is 15.1 Å². The lowest BCUT2D eigenvalue weighted by molar-refractivity contribution is -0.152. The van der Waals surface area contributed by atoms with Crippen molar-refractivity contribution in [3.63, 3.8) is 0 Å². The van der Waals surface area contributed by atoms with Crippen LogP contribution in [0.3, 0.4) is 0 Å². The Kier molecular flexibility index (Phi) is 8.15. The highest BCUT2D eigenvalue weighted by molar-refractivity contribution is 5.89. The van der Waals surface area contributed by atoms with Crippen LogP contribution in [0.2, 0.25) is 0 Å². The van der Waals surface area contributed by atoms with Crippen LogP contribution in [-0.4, -0.2) is 72.1 Å². The van der Waals surface area contributed by atoms with E-state index in [9.17, 15) is 14.4 Å². The highest BCUT2D eigenvalue weighted by Crippen LogP contribution is 2.33. The molecule has 0 radical (unpaired) electrons. The number of ether oxygens (including phenoxy) is 2. The summed E-state index contributed by atoms with van der Waals surface area (Å²) in [4.78, 5) is 41.8. The van der Waals surface area contributed by atoms with E-state index in [1.807, 2.05) is 60.7 Å². The predicted molar refractivity (Wildman–Crippen MR) is 130 cm³/mol. The summed E-state index contributed by atoms with van der Waals surface area (Å²) in [5, 5.41) is 3.53. The van der Waals surface area contributed by atoms with E-state index in [0.29, 0.717) is 39.0 Å². The number of nitrogens with one attached hydrogen (secondary N) is 1. The number of likely N-dealkylation sites (tertiary alicyclic amines) is 1. The van der Waals surface area contributed by atoms with Gasteiger partial charge in [0.25, 0.3) is 0 Å². The van der Waals surface area contributed by atoms with Crippen molar-refractivity contribution in [1.29, 1.82) is 0 Å². The lowest BCUT2D eigenvalue weighted by atomic mass is 9.95. The molecule has 2 aliphatic rings. The molecule has 0 aliphatic carbocycles. The molecule has 186 valence electrons. The summed E-state index contributed by atoms with van der Waals surface area (Å²) in [6.45, 7) is 3.27. The number of esters is 1. The Labute approximate surface area is 206 Å². The van der Waals surface area contributed by atoms with Crippen LogP contribution >= 0.6 is 0 Å². The van der Waals surface area contributed by atoms with Crippen molar-refractivity contribution in [2.45, 2.75) is 44.5 Å². The molecule has 1 unspecified atom stereocenters.